The molecule has 0 radical (unpaired) electrons. The first kappa shape index (κ1) is 15.6. The van der Waals surface area contributed by atoms with Crippen LogP contribution < -0.4 is 15.5 Å². The Labute approximate surface area is 116 Å². The van der Waals surface area contributed by atoms with E-state index in [2.05, 4.69) is 20.6 Å². The Hall–Kier alpha value is -2.45. The fourth-order valence-electron chi connectivity index (χ4n) is 1.51. The normalized spacial score (nSPS) is 9.95. The van der Waals surface area contributed by atoms with Gasteiger partial charge in [0.05, 0.1) is 11.5 Å². The molecule has 0 aromatic carbocycles. The van der Waals surface area contributed by atoms with Gasteiger partial charge in [-0.3, -0.25) is 14.9 Å². The van der Waals surface area contributed by atoms with Crippen LogP contribution in [0.4, 0.5) is 17.5 Å². The Morgan fingerprint density at radius 2 is 2.25 bits per heavy atom. The van der Waals surface area contributed by atoms with Crippen molar-refractivity contribution in [2.75, 3.05) is 37.4 Å². The zero-order valence-electron chi connectivity index (χ0n) is 11.7. The average Bonchev–Trinajstić information content (AvgIpc) is 2.44. The van der Waals surface area contributed by atoms with E-state index >= 15 is 0 Å². The maximum Gasteiger partial charge on any atom is 0.329 e. The highest BCUT2D eigenvalue weighted by molar-refractivity contribution is 5.81. The fraction of sp³-hybridized carbons (Fsp3) is 0.545. The molecule has 0 saturated heterocycles. The molecule has 0 aliphatic rings. The molecule has 2 N–H and O–H groups in total. The molecule has 9 heteroatoms. The number of likely N-dealkylation sites (N-methyl/N-ethyl adjacent to an activating group) is 1. The second-order valence-corrected chi connectivity index (χ2v) is 4.12. The minimum Gasteiger partial charge on any atom is -0.357 e. The summed E-state index contributed by atoms with van der Waals surface area (Å²) >= 11 is 0. The Kier molecular flexibility index (Phi) is 5.63. The van der Waals surface area contributed by atoms with Crippen LogP contribution in [0.15, 0.2) is 6.20 Å². The lowest BCUT2D eigenvalue weighted by molar-refractivity contribution is -0.384. The first-order valence-electron chi connectivity index (χ1n) is 6.16. The largest absolute Gasteiger partial charge is 0.357 e. The van der Waals surface area contributed by atoms with Gasteiger partial charge in [0.15, 0.2) is 0 Å². The van der Waals surface area contributed by atoms with E-state index in [1.807, 2.05) is 6.92 Å². The van der Waals surface area contributed by atoms with E-state index in [0.29, 0.717) is 6.54 Å². The molecule has 0 unspecified atom stereocenters. The predicted molar refractivity (Wildman–Crippen MR) is 74.8 cm³/mol. The zero-order valence-corrected chi connectivity index (χ0v) is 11.7. The Balaban J connectivity index is 2.92. The zero-order chi connectivity index (χ0) is 15.1. The lowest BCUT2D eigenvalue weighted by Crippen LogP contribution is -2.36. The number of hydrogen-bond donors (Lipinski definition) is 2. The number of nitro groups is 1. The molecule has 1 heterocycles. The molecule has 1 aromatic rings. The van der Waals surface area contributed by atoms with Crippen molar-refractivity contribution < 1.29 is 9.72 Å². The Morgan fingerprint density at radius 3 is 2.80 bits per heavy atom. The SMILES string of the molecule is CCCNC(=O)CN(C)c1nc(NC)ncc1[N+](=O)[O-]. The van der Waals surface area contributed by atoms with Crippen LogP contribution in [-0.4, -0.2) is 48.0 Å². The van der Waals surface area contributed by atoms with Crippen LogP contribution in [0.1, 0.15) is 13.3 Å². The predicted octanol–water partition coefficient (Wildman–Crippen LogP) is 0.389. The van der Waals surface area contributed by atoms with Crippen LogP contribution in [0.5, 0.6) is 0 Å². The average molecular weight is 282 g/mol. The van der Waals surface area contributed by atoms with Crippen molar-refractivity contribution in [2.45, 2.75) is 13.3 Å². The molecule has 0 atom stereocenters. The quantitative estimate of drug-likeness (QED) is 0.549. The van der Waals surface area contributed by atoms with Gasteiger partial charge in [-0.05, 0) is 6.42 Å². The van der Waals surface area contributed by atoms with Crippen LogP contribution in [-0.2, 0) is 4.79 Å². The highest BCUT2D eigenvalue weighted by Gasteiger charge is 2.21. The van der Waals surface area contributed by atoms with E-state index in [1.165, 1.54) is 4.90 Å². The third kappa shape index (κ3) is 4.04. The molecule has 0 spiro atoms. The van der Waals surface area contributed by atoms with Gasteiger partial charge in [-0.25, -0.2) is 4.98 Å². The van der Waals surface area contributed by atoms with Crippen molar-refractivity contribution in [3.63, 3.8) is 0 Å². The molecule has 0 saturated carbocycles. The van der Waals surface area contributed by atoms with Gasteiger partial charge in [0.25, 0.3) is 0 Å². The summed E-state index contributed by atoms with van der Waals surface area (Å²) in [5.74, 6) is 0.140. The van der Waals surface area contributed by atoms with E-state index in [4.69, 9.17) is 0 Å². The van der Waals surface area contributed by atoms with Crippen molar-refractivity contribution in [1.29, 1.82) is 0 Å². The summed E-state index contributed by atoms with van der Waals surface area (Å²) in [6, 6.07) is 0. The van der Waals surface area contributed by atoms with Gasteiger partial charge in [0.2, 0.25) is 17.7 Å². The second-order valence-electron chi connectivity index (χ2n) is 4.12. The summed E-state index contributed by atoms with van der Waals surface area (Å²) in [7, 11) is 3.18. The number of rotatable bonds is 7. The number of amides is 1. The monoisotopic (exact) mass is 282 g/mol. The minimum atomic E-state index is -0.574. The highest BCUT2D eigenvalue weighted by atomic mass is 16.6. The molecule has 0 bridgehead atoms. The summed E-state index contributed by atoms with van der Waals surface area (Å²) in [6.07, 6.45) is 1.95. The van der Waals surface area contributed by atoms with Gasteiger partial charge < -0.3 is 15.5 Å². The van der Waals surface area contributed by atoms with Crippen LogP contribution in [0, 0.1) is 10.1 Å². The molecule has 0 aliphatic carbocycles. The number of carbonyl (C=O) groups is 1. The van der Waals surface area contributed by atoms with Crippen LogP contribution >= 0.6 is 0 Å². The highest BCUT2D eigenvalue weighted by Crippen LogP contribution is 2.24. The number of hydrogen-bond acceptors (Lipinski definition) is 7. The van der Waals surface area contributed by atoms with Gasteiger partial charge in [-0.1, -0.05) is 6.92 Å². The van der Waals surface area contributed by atoms with Crippen LogP contribution in [0.2, 0.25) is 0 Å². The summed E-state index contributed by atoms with van der Waals surface area (Å²) in [6.45, 7) is 2.50. The molecule has 1 rings (SSSR count). The molecular weight excluding hydrogens is 264 g/mol. The summed E-state index contributed by atoms with van der Waals surface area (Å²) < 4.78 is 0. The third-order valence-electron chi connectivity index (χ3n) is 2.48. The number of nitrogens with zero attached hydrogens (tertiary/aromatic N) is 4. The second kappa shape index (κ2) is 7.22. The maximum atomic E-state index is 11.6. The van der Waals surface area contributed by atoms with Gasteiger partial charge in [-0.2, -0.15) is 4.98 Å². The molecule has 110 valence electrons. The molecule has 0 aliphatic heterocycles. The van der Waals surface area contributed by atoms with Gasteiger partial charge in [0.1, 0.15) is 6.20 Å². The first-order chi connectivity index (χ1) is 9.49. The van der Waals surface area contributed by atoms with Crippen molar-refractivity contribution in [3.05, 3.63) is 16.3 Å². The smallest absolute Gasteiger partial charge is 0.329 e. The summed E-state index contributed by atoms with van der Waals surface area (Å²) in [5, 5.41) is 16.4. The van der Waals surface area contributed by atoms with Crippen LogP contribution in [0.25, 0.3) is 0 Å². The Bertz CT molecular complexity index is 493. The van der Waals surface area contributed by atoms with Gasteiger partial charge in [-0.15, -0.1) is 0 Å². The third-order valence-corrected chi connectivity index (χ3v) is 2.48. The first-order valence-corrected chi connectivity index (χ1v) is 6.16. The van der Waals surface area contributed by atoms with Crippen molar-refractivity contribution in [3.8, 4) is 0 Å². The van der Waals surface area contributed by atoms with E-state index in [9.17, 15) is 14.9 Å². The molecule has 0 fully saturated rings. The molecule has 1 aromatic heterocycles. The van der Waals surface area contributed by atoms with Crippen molar-refractivity contribution in [1.82, 2.24) is 15.3 Å². The van der Waals surface area contributed by atoms with E-state index in [-0.39, 0.29) is 29.9 Å². The number of carbonyl (C=O) groups excluding carboxylic acids is 1. The molecule has 1 amide bonds. The van der Waals surface area contributed by atoms with E-state index < -0.39 is 4.92 Å². The summed E-state index contributed by atoms with van der Waals surface area (Å²) in [5.41, 5.74) is -0.241. The molecule has 20 heavy (non-hydrogen) atoms. The number of aromatic nitrogens is 2. The van der Waals surface area contributed by atoms with E-state index in [0.717, 1.165) is 12.6 Å². The number of anilines is 2. The van der Waals surface area contributed by atoms with Crippen molar-refractivity contribution in [2.24, 2.45) is 0 Å². The standard InChI is InChI=1S/C11H18N6O3/c1-4-5-13-9(18)7-16(3)10-8(17(19)20)6-14-11(12-2)15-10/h6H,4-5,7H2,1-3H3,(H,13,18)(H,12,14,15). The molecule has 9 nitrogen and oxygen atoms in total. The maximum absolute atomic E-state index is 11.6. The van der Waals surface area contributed by atoms with Gasteiger partial charge in [0, 0.05) is 20.6 Å². The Morgan fingerprint density at radius 1 is 1.55 bits per heavy atom. The topological polar surface area (TPSA) is 113 Å². The van der Waals surface area contributed by atoms with E-state index in [1.54, 1.807) is 14.1 Å². The lowest BCUT2D eigenvalue weighted by Gasteiger charge is -2.17. The van der Waals surface area contributed by atoms with Gasteiger partial charge >= 0.3 is 5.69 Å². The number of nitrogens with one attached hydrogen (secondary N) is 2. The minimum absolute atomic E-state index is 0.0129. The summed E-state index contributed by atoms with van der Waals surface area (Å²) in [4.78, 5) is 31.3. The lowest BCUT2D eigenvalue weighted by atomic mass is 10.4. The van der Waals surface area contributed by atoms with Crippen molar-refractivity contribution >= 4 is 23.4 Å². The fourth-order valence-corrected chi connectivity index (χ4v) is 1.51. The molecular formula is C11H18N6O3. The van der Waals surface area contributed by atoms with Crippen LogP contribution in [0.3, 0.4) is 0 Å².